The lowest BCUT2D eigenvalue weighted by Crippen LogP contribution is -1.98. The maximum Gasteiger partial charge on any atom is 0.127 e. The molecule has 1 aliphatic heterocycles. The summed E-state index contributed by atoms with van der Waals surface area (Å²) in [6.07, 6.45) is 2.25. The summed E-state index contributed by atoms with van der Waals surface area (Å²) in [6, 6.07) is 4.26. The van der Waals surface area contributed by atoms with Crippen molar-refractivity contribution in [3.05, 3.63) is 27.7 Å². The van der Waals surface area contributed by atoms with E-state index in [-0.39, 0.29) is 5.38 Å². The fourth-order valence-electron chi connectivity index (χ4n) is 2.49. The average Bonchev–Trinajstić information content (AvgIpc) is 2.78. The van der Waals surface area contributed by atoms with E-state index in [0.29, 0.717) is 5.92 Å². The Hall–Kier alpha value is -0.210. The molecule has 3 rings (SSSR count). The Kier molecular flexibility index (Phi) is 2.67. The highest BCUT2D eigenvalue weighted by molar-refractivity contribution is 9.10. The Morgan fingerprint density at radius 1 is 1.50 bits per heavy atom. The van der Waals surface area contributed by atoms with E-state index in [4.69, 9.17) is 16.3 Å². The lowest BCUT2D eigenvalue weighted by molar-refractivity contribution is 0.352. The summed E-state index contributed by atoms with van der Waals surface area (Å²) in [4.78, 5) is 0. The third kappa shape index (κ3) is 1.76. The van der Waals surface area contributed by atoms with Crippen LogP contribution in [0, 0.1) is 11.8 Å². The standard InChI is InChI=1S/C13H14BrClO/c1-7-4-10(7)12(15)11-6-9(14)5-8-2-3-16-13(8)11/h5-7,10,12H,2-4H2,1H3. The van der Waals surface area contributed by atoms with Gasteiger partial charge in [-0.3, -0.25) is 0 Å². The van der Waals surface area contributed by atoms with Crippen LogP contribution < -0.4 is 4.74 Å². The van der Waals surface area contributed by atoms with Crippen molar-refractivity contribution in [3.63, 3.8) is 0 Å². The predicted octanol–water partition coefficient (Wildman–Crippen LogP) is 4.32. The second kappa shape index (κ2) is 3.92. The molecule has 16 heavy (non-hydrogen) atoms. The normalized spacial score (nSPS) is 28.4. The molecule has 0 radical (unpaired) electrons. The monoisotopic (exact) mass is 300 g/mol. The zero-order valence-corrected chi connectivity index (χ0v) is 11.5. The van der Waals surface area contributed by atoms with E-state index >= 15 is 0 Å². The van der Waals surface area contributed by atoms with Gasteiger partial charge in [0.1, 0.15) is 5.75 Å². The molecule has 1 aromatic rings. The lowest BCUT2D eigenvalue weighted by atomic mass is 10.0. The molecule has 0 N–H and O–H groups in total. The summed E-state index contributed by atoms with van der Waals surface area (Å²) in [5.74, 6) is 2.44. The van der Waals surface area contributed by atoms with Gasteiger partial charge in [0.05, 0.1) is 12.0 Å². The predicted molar refractivity (Wildman–Crippen MR) is 69.2 cm³/mol. The SMILES string of the molecule is CC1CC1C(Cl)c1cc(Br)cc2c1OCC2. The van der Waals surface area contributed by atoms with Crippen LogP contribution in [0.1, 0.15) is 29.8 Å². The van der Waals surface area contributed by atoms with Crippen molar-refractivity contribution in [2.75, 3.05) is 6.61 Å². The molecule has 1 saturated carbocycles. The number of hydrogen-bond acceptors (Lipinski definition) is 1. The number of rotatable bonds is 2. The summed E-state index contributed by atoms with van der Waals surface area (Å²) >= 11 is 10.1. The molecule has 2 aliphatic rings. The fraction of sp³-hybridized carbons (Fsp3) is 0.538. The summed E-state index contributed by atoms with van der Waals surface area (Å²) in [6.45, 7) is 3.06. The maximum atomic E-state index is 6.55. The van der Waals surface area contributed by atoms with Gasteiger partial charge in [0, 0.05) is 16.5 Å². The van der Waals surface area contributed by atoms with Gasteiger partial charge in [-0.05, 0) is 36.0 Å². The Balaban J connectivity index is 1.99. The van der Waals surface area contributed by atoms with Gasteiger partial charge in [0.25, 0.3) is 0 Å². The number of alkyl halides is 1. The van der Waals surface area contributed by atoms with Crippen LogP contribution in [-0.2, 0) is 6.42 Å². The van der Waals surface area contributed by atoms with Crippen molar-refractivity contribution in [1.29, 1.82) is 0 Å². The van der Waals surface area contributed by atoms with Crippen molar-refractivity contribution in [2.45, 2.75) is 25.1 Å². The Labute approximate surface area is 109 Å². The van der Waals surface area contributed by atoms with Gasteiger partial charge in [-0.15, -0.1) is 11.6 Å². The zero-order chi connectivity index (χ0) is 11.3. The van der Waals surface area contributed by atoms with Crippen LogP contribution in [-0.4, -0.2) is 6.61 Å². The minimum atomic E-state index is 0.111. The first-order valence-electron chi connectivity index (χ1n) is 5.76. The van der Waals surface area contributed by atoms with Crippen LogP contribution in [0.5, 0.6) is 5.75 Å². The van der Waals surface area contributed by atoms with Crippen LogP contribution in [0.3, 0.4) is 0 Å². The van der Waals surface area contributed by atoms with E-state index in [9.17, 15) is 0 Å². The molecular weight excluding hydrogens is 287 g/mol. The number of hydrogen-bond donors (Lipinski definition) is 0. The molecule has 0 bridgehead atoms. The van der Waals surface area contributed by atoms with Crippen molar-refractivity contribution >= 4 is 27.5 Å². The van der Waals surface area contributed by atoms with Gasteiger partial charge >= 0.3 is 0 Å². The highest BCUT2D eigenvalue weighted by Crippen LogP contribution is 2.53. The minimum absolute atomic E-state index is 0.111. The number of fused-ring (bicyclic) bond motifs is 1. The summed E-state index contributed by atoms with van der Waals surface area (Å²) < 4.78 is 6.83. The Morgan fingerprint density at radius 3 is 2.94 bits per heavy atom. The minimum Gasteiger partial charge on any atom is -0.493 e. The molecular formula is C13H14BrClO. The summed E-state index contributed by atoms with van der Waals surface area (Å²) in [5.41, 5.74) is 2.47. The molecule has 0 saturated heterocycles. The van der Waals surface area contributed by atoms with Crippen molar-refractivity contribution in [3.8, 4) is 5.75 Å². The van der Waals surface area contributed by atoms with E-state index < -0.39 is 0 Å². The summed E-state index contributed by atoms with van der Waals surface area (Å²) in [7, 11) is 0. The van der Waals surface area contributed by atoms with Crippen LogP contribution in [0.4, 0.5) is 0 Å². The lowest BCUT2D eigenvalue weighted by Gasteiger charge is -2.14. The highest BCUT2D eigenvalue weighted by atomic mass is 79.9. The maximum absolute atomic E-state index is 6.55. The third-order valence-corrected chi connectivity index (χ3v) is 4.64. The number of ether oxygens (including phenoxy) is 1. The summed E-state index contributed by atoms with van der Waals surface area (Å²) in [5, 5.41) is 0.111. The van der Waals surface area contributed by atoms with Crippen LogP contribution in [0.2, 0.25) is 0 Å². The van der Waals surface area contributed by atoms with Gasteiger partial charge in [0.15, 0.2) is 0 Å². The van der Waals surface area contributed by atoms with Crippen LogP contribution in [0.25, 0.3) is 0 Å². The van der Waals surface area contributed by atoms with Crippen molar-refractivity contribution < 1.29 is 4.74 Å². The Bertz CT molecular complexity index is 432. The molecule has 3 atom stereocenters. The average molecular weight is 302 g/mol. The molecule has 3 unspecified atom stereocenters. The molecule has 3 heteroatoms. The van der Waals surface area contributed by atoms with Gasteiger partial charge in [-0.25, -0.2) is 0 Å². The van der Waals surface area contributed by atoms with E-state index in [1.54, 1.807) is 0 Å². The first-order valence-corrected chi connectivity index (χ1v) is 6.99. The third-order valence-electron chi connectivity index (χ3n) is 3.62. The molecule has 1 aliphatic carbocycles. The first kappa shape index (κ1) is 10.9. The first-order chi connectivity index (χ1) is 7.66. The largest absolute Gasteiger partial charge is 0.493 e. The molecule has 1 nitrogen and oxygen atoms in total. The number of halogens is 2. The zero-order valence-electron chi connectivity index (χ0n) is 9.17. The molecule has 1 fully saturated rings. The van der Waals surface area contributed by atoms with Crippen LogP contribution in [0.15, 0.2) is 16.6 Å². The molecule has 0 spiro atoms. The van der Waals surface area contributed by atoms with Crippen molar-refractivity contribution in [2.24, 2.45) is 11.8 Å². The Morgan fingerprint density at radius 2 is 2.25 bits per heavy atom. The molecule has 1 aromatic carbocycles. The fourth-order valence-corrected chi connectivity index (χ4v) is 3.53. The second-order valence-corrected chi connectivity index (χ2v) is 6.25. The van der Waals surface area contributed by atoms with Gasteiger partial charge in [-0.2, -0.15) is 0 Å². The number of benzene rings is 1. The second-order valence-electron chi connectivity index (χ2n) is 4.86. The van der Waals surface area contributed by atoms with E-state index in [2.05, 4.69) is 35.0 Å². The van der Waals surface area contributed by atoms with Gasteiger partial charge in [-0.1, -0.05) is 22.9 Å². The quantitative estimate of drug-likeness (QED) is 0.739. The van der Waals surface area contributed by atoms with E-state index in [1.165, 1.54) is 17.5 Å². The molecule has 1 heterocycles. The van der Waals surface area contributed by atoms with Gasteiger partial charge < -0.3 is 4.74 Å². The van der Waals surface area contributed by atoms with E-state index in [1.807, 2.05) is 0 Å². The van der Waals surface area contributed by atoms with Crippen LogP contribution >= 0.6 is 27.5 Å². The van der Waals surface area contributed by atoms with Gasteiger partial charge in [0.2, 0.25) is 0 Å². The highest BCUT2D eigenvalue weighted by Gasteiger charge is 2.41. The molecule has 0 amide bonds. The van der Waals surface area contributed by atoms with Crippen molar-refractivity contribution in [1.82, 2.24) is 0 Å². The smallest absolute Gasteiger partial charge is 0.127 e. The topological polar surface area (TPSA) is 9.23 Å². The molecule has 0 aromatic heterocycles. The van der Waals surface area contributed by atoms with E-state index in [0.717, 1.165) is 29.2 Å². The molecule has 86 valence electrons.